The zero-order valence-electron chi connectivity index (χ0n) is 12.4. The molecule has 0 radical (unpaired) electrons. The van der Waals surface area contributed by atoms with Crippen LogP contribution in [0, 0.1) is 0 Å². The number of aromatic nitrogens is 2. The molecule has 0 fully saturated rings. The smallest absolute Gasteiger partial charge is 0.0640 e. The summed E-state index contributed by atoms with van der Waals surface area (Å²) < 4.78 is 7.50. The molecule has 0 spiro atoms. The molecule has 1 aromatic heterocycles. The highest BCUT2D eigenvalue weighted by molar-refractivity contribution is 5.11. The van der Waals surface area contributed by atoms with E-state index in [0.29, 0.717) is 6.04 Å². The number of rotatable bonds is 8. The average molecular weight is 253 g/mol. The van der Waals surface area contributed by atoms with E-state index < -0.39 is 0 Å². The van der Waals surface area contributed by atoms with Crippen LogP contribution >= 0.6 is 0 Å². The van der Waals surface area contributed by atoms with Gasteiger partial charge in [-0.25, -0.2) is 0 Å². The number of aryl methyl sites for hydroxylation is 1. The number of hydrogen-bond donors (Lipinski definition) is 1. The molecule has 104 valence electrons. The molecule has 1 unspecified atom stereocenters. The van der Waals surface area contributed by atoms with Gasteiger partial charge < -0.3 is 10.1 Å². The Labute approximate surface area is 111 Å². The molecule has 0 aliphatic carbocycles. The van der Waals surface area contributed by atoms with Gasteiger partial charge in [0.25, 0.3) is 0 Å². The molecule has 1 N–H and O–H groups in total. The maximum Gasteiger partial charge on any atom is 0.0640 e. The van der Waals surface area contributed by atoms with Gasteiger partial charge in [-0.3, -0.25) is 4.68 Å². The van der Waals surface area contributed by atoms with Gasteiger partial charge in [0.1, 0.15) is 0 Å². The Morgan fingerprint density at radius 3 is 2.67 bits per heavy atom. The maximum absolute atomic E-state index is 5.54. The first-order chi connectivity index (χ1) is 8.52. The third-order valence-corrected chi connectivity index (χ3v) is 3.27. The molecule has 0 bridgehead atoms. The molecule has 0 saturated carbocycles. The Bertz CT molecular complexity index is 347. The van der Waals surface area contributed by atoms with Gasteiger partial charge in [-0.1, -0.05) is 6.92 Å². The quantitative estimate of drug-likeness (QED) is 0.774. The molecule has 4 nitrogen and oxygen atoms in total. The molecule has 1 aromatic rings. The molecule has 0 aliphatic rings. The Balaban J connectivity index is 2.77. The molecule has 0 aliphatic heterocycles. The second-order valence-electron chi connectivity index (χ2n) is 5.30. The lowest BCUT2D eigenvalue weighted by Gasteiger charge is -2.28. The van der Waals surface area contributed by atoms with E-state index in [1.165, 1.54) is 5.56 Å². The van der Waals surface area contributed by atoms with Crippen molar-refractivity contribution in [2.24, 2.45) is 0 Å². The Kier molecular flexibility index (Phi) is 5.82. The maximum atomic E-state index is 5.54. The van der Waals surface area contributed by atoms with Crippen LogP contribution in [0.3, 0.4) is 0 Å². The number of nitrogens with one attached hydrogen (secondary N) is 1. The average Bonchev–Trinajstić information content (AvgIpc) is 2.83. The summed E-state index contributed by atoms with van der Waals surface area (Å²) in [7, 11) is 1.77. The molecule has 4 heteroatoms. The lowest BCUT2D eigenvalue weighted by atomic mass is 9.95. The van der Waals surface area contributed by atoms with Crippen LogP contribution in [0.2, 0.25) is 0 Å². The van der Waals surface area contributed by atoms with Crippen molar-refractivity contribution >= 4 is 0 Å². The summed E-state index contributed by atoms with van der Waals surface area (Å²) in [5.41, 5.74) is 1.12. The predicted molar refractivity (Wildman–Crippen MR) is 74.6 cm³/mol. The van der Waals surface area contributed by atoms with E-state index in [9.17, 15) is 0 Å². The Hall–Kier alpha value is -0.870. The molecule has 0 aromatic carbocycles. The number of hydrogen-bond acceptors (Lipinski definition) is 3. The molecule has 1 heterocycles. The van der Waals surface area contributed by atoms with Crippen molar-refractivity contribution < 1.29 is 4.74 Å². The third kappa shape index (κ3) is 4.42. The highest BCUT2D eigenvalue weighted by atomic mass is 16.5. The Morgan fingerprint density at radius 1 is 1.44 bits per heavy atom. The van der Waals surface area contributed by atoms with Crippen molar-refractivity contribution in [1.29, 1.82) is 0 Å². The molecule has 0 saturated heterocycles. The van der Waals surface area contributed by atoms with E-state index in [-0.39, 0.29) is 5.60 Å². The van der Waals surface area contributed by atoms with Crippen LogP contribution < -0.4 is 5.32 Å². The van der Waals surface area contributed by atoms with Gasteiger partial charge in [0.15, 0.2) is 0 Å². The summed E-state index contributed by atoms with van der Waals surface area (Å²) in [4.78, 5) is 0. The first-order valence-electron chi connectivity index (χ1n) is 6.83. The number of nitrogens with zero attached hydrogens (tertiary/aromatic N) is 2. The summed E-state index contributed by atoms with van der Waals surface area (Å²) in [6, 6.07) is 0.306. The van der Waals surface area contributed by atoms with Crippen LogP contribution in [0.25, 0.3) is 0 Å². The van der Waals surface area contributed by atoms with Gasteiger partial charge >= 0.3 is 0 Å². The molecular weight excluding hydrogens is 226 g/mol. The van der Waals surface area contributed by atoms with Crippen LogP contribution in [0.1, 0.15) is 52.1 Å². The lowest BCUT2D eigenvalue weighted by Crippen LogP contribution is -2.32. The molecule has 1 rings (SSSR count). The van der Waals surface area contributed by atoms with E-state index in [4.69, 9.17) is 4.74 Å². The first-order valence-corrected chi connectivity index (χ1v) is 6.83. The van der Waals surface area contributed by atoms with Crippen LogP contribution in [0.5, 0.6) is 0 Å². The van der Waals surface area contributed by atoms with Gasteiger partial charge in [0, 0.05) is 31.5 Å². The fourth-order valence-electron chi connectivity index (χ4n) is 1.93. The van der Waals surface area contributed by atoms with Crippen molar-refractivity contribution in [3.63, 3.8) is 0 Å². The summed E-state index contributed by atoms with van der Waals surface area (Å²) in [5, 5.41) is 7.94. The summed E-state index contributed by atoms with van der Waals surface area (Å²) in [6.45, 7) is 10.5. The summed E-state index contributed by atoms with van der Waals surface area (Å²) in [5.74, 6) is 0. The number of ether oxygens (including phenoxy) is 1. The van der Waals surface area contributed by atoms with Crippen molar-refractivity contribution in [2.45, 2.75) is 58.7 Å². The normalized spacial score (nSPS) is 13.8. The van der Waals surface area contributed by atoms with Gasteiger partial charge in [-0.05, 0) is 40.2 Å². The van der Waals surface area contributed by atoms with E-state index >= 15 is 0 Å². The molecule has 0 amide bonds. The van der Waals surface area contributed by atoms with Gasteiger partial charge in [0.05, 0.1) is 11.8 Å². The second kappa shape index (κ2) is 6.90. The van der Waals surface area contributed by atoms with Gasteiger partial charge in [-0.2, -0.15) is 5.10 Å². The van der Waals surface area contributed by atoms with Gasteiger partial charge in [-0.15, -0.1) is 0 Å². The van der Waals surface area contributed by atoms with E-state index in [1.54, 1.807) is 7.11 Å². The molecule has 1 atom stereocenters. The SMILES string of the molecule is CCCNC(CC(C)(C)OC)c1cnn(CC)c1. The Morgan fingerprint density at radius 2 is 2.17 bits per heavy atom. The highest BCUT2D eigenvalue weighted by Gasteiger charge is 2.24. The van der Waals surface area contributed by atoms with Crippen LogP contribution in [-0.4, -0.2) is 29.0 Å². The molecular formula is C14H27N3O. The van der Waals surface area contributed by atoms with Gasteiger partial charge in [0.2, 0.25) is 0 Å². The zero-order valence-corrected chi connectivity index (χ0v) is 12.4. The van der Waals surface area contributed by atoms with Crippen molar-refractivity contribution in [3.05, 3.63) is 18.0 Å². The fourth-order valence-corrected chi connectivity index (χ4v) is 1.93. The summed E-state index contributed by atoms with van der Waals surface area (Å²) in [6.07, 6.45) is 6.16. The number of methoxy groups -OCH3 is 1. The van der Waals surface area contributed by atoms with Crippen LogP contribution in [0.4, 0.5) is 0 Å². The standard InChI is InChI=1S/C14H27N3O/c1-6-8-15-13(9-14(3,4)18-5)12-10-16-17(7-2)11-12/h10-11,13,15H,6-9H2,1-5H3. The zero-order chi connectivity index (χ0) is 13.6. The molecule has 18 heavy (non-hydrogen) atoms. The van der Waals surface area contributed by atoms with E-state index in [2.05, 4.69) is 44.3 Å². The van der Waals surface area contributed by atoms with E-state index in [0.717, 1.165) is 25.9 Å². The topological polar surface area (TPSA) is 39.1 Å². The minimum Gasteiger partial charge on any atom is -0.379 e. The predicted octanol–water partition coefficient (Wildman–Crippen LogP) is 2.76. The lowest BCUT2D eigenvalue weighted by molar-refractivity contribution is 0.00684. The monoisotopic (exact) mass is 253 g/mol. The van der Waals surface area contributed by atoms with Crippen molar-refractivity contribution in [1.82, 2.24) is 15.1 Å². The highest BCUT2D eigenvalue weighted by Crippen LogP contribution is 2.25. The third-order valence-electron chi connectivity index (χ3n) is 3.27. The fraction of sp³-hybridized carbons (Fsp3) is 0.786. The largest absolute Gasteiger partial charge is 0.379 e. The van der Waals surface area contributed by atoms with Crippen molar-refractivity contribution in [3.8, 4) is 0 Å². The van der Waals surface area contributed by atoms with Crippen LogP contribution in [-0.2, 0) is 11.3 Å². The van der Waals surface area contributed by atoms with Crippen molar-refractivity contribution in [2.75, 3.05) is 13.7 Å². The van der Waals surface area contributed by atoms with E-state index in [1.807, 2.05) is 10.9 Å². The second-order valence-corrected chi connectivity index (χ2v) is 5.30. The van der Waals surface area contributed by atoms with Crippen LogP contribution in [0.15, 0.2) is 12.4 Å². The minimum absolute atomic E-state index is 0.125. The summed E-state index contributed by atoms with van der Waals surface area (Å²) >= 11 is 0. The minimum atomic E-state index is -0.125. The first kappa shape index (κ1) is 15.2.